The van der Waals surface area contributed by atoms with Crippen molar-refractivity contribution in [2.75, 3.05) is 18.8 Å². The topological polar surface area (TPSA) is 38.1 Å². The largest absolute Gasteiger partial charge is 0.342 e. The molecule has 0 bridgehead atoms. The van der Waals surface area contributed by atoms with Crippen molar-refractivity contribution in [3.63, 3.8) is 0 Å². The van der Waals surface area contributed by atoms with Gasteiger partial charge in [-0.15, -0.1) is 0 Å². The van der Waals surface area contributed by atoms with Crippen LogP contribution in [0.2, 0.25) is 0 Å². The highest BCUT2D eigenvalue weighted by atomic mass is 32.2. The summed E-state index contributed by atoms with van der Waals surface area (Å²) in [7, 11) is 0. The Labute approximate surface area is 123 Å². The van der Waals surface area contributed by atoms with Gasteiger partial charge in [-0.3, -0.25) is 4.79 Å². The minimum absolute atomic E-state index is 0.0932. The predicted octanol–water partition coefficient (Wildman–Crippen LogP) is 3.27. The van der Waals surface area contributed by atoms with E-state index in [9.17, 15) is 22.4 Å². The summed E-state index contributed by atoms with van der Waals surface area (Å²) in [6, 6.07) is 0.674. The Morgan fingerprint density at radius 3 is 2.43 bits per heavy atom. The van der Waals surface area contributed by atoms with Gasteiger partial charge in [-0.25, -0.2) is 21.6 Å². The number of piperidine rings is 1. The summed E-state index contributed by atoms with van der Waals surface area (Å²) in [5.41, 5.74) is -1.31. The van der Waals surface area contributed by atoms with Crippen molar-refractivity contribution < 1.29 is 22.4 Å². The zero-order valence-corrected chi connectivity index (χ0v) is 12.0. The van der Waals surface area contributed by atoms with Crippen LogP contribution in [0.3, 0.4) is 0 Å². The maximum absolute atomic E-state index is 12.8. The van der Waals surface area contributed by atoms with E-state index in [4.69, 9.17) is 0 Å². The fourth-order valence-electron chi connectivity index (χ4n) is 2.11. The maximum Gasteiger partial charge on any atom is 0.282 e. The molecule has 1 aliphatic heterocycles. The van der Waals surface area contributed by atoms with Crippen LogP contribution in [-0.2, 0) is 4.79 Å². The van der Waals surface area contributed by atoms with Crippen LogP contribution >= 0.6 is 11.9 Å². The molecular formula is C12H15F4N3OS. The first-order valence-electron chi connectivity index (χ1n) is 6.56. The van der Waals surface area contributed by atoms with Crippen molar-refractivity contribution in [2.24, 2.45) is 0 Å². The number of hydrogen-bond donors (Lipinski definition) is 0. The van der Waals surface area contributed by atoms with Crippen molar-refractivity contribution in [3.05, 3.63) is 17.5 Å². The first-order chi connectivity index (χ1) is 9.99. The van der Waals surface area contributed by atoms with E-state index in [1.54, 1.807) is 4.90 Å². The van der Waals surface area contributed by atoms with E-state index in [0.717, 1.165) is 23.3 Å². The molecule has 0 saturated carbocycles. The molecule has 2 rings (SSSR count). The number of carbonyl (C=O) groups excluding carboxylic acids is 1. The Bertz CT molecular complexity index is 489. The van der Waals surface area contributed by atoms with Gasteiger partial charge in [-0.05, 0) is 37.3 Å². The van der Waals surface area contributed by atoms with Gasteiger partial charge >= 0.3 is 0 Å². The molecule has 21 heavy (non-hydrogen) atoms. The number of halogens is 4. The summed E-state index contributed by atoms with van der Waals surface area (Å²) >= 11 is 0.716. The van der Waals surface area contributed by atoms with Crippen LogP contribution in [-0.4, -0.2) is 38.8 Å². The first kappa shape index (κ1) is 16.1. The van der Waals surface area contributed by atoms with E-state index in [-0.39, 0.29) is 11.7 Å². The normalized spacial score (nSPS) is 16.0. The average Bonchev–Trinajstić information content (AvgIpc) is 2.90. The Kier molecular flexibility index (Phi) is 5.49. The Morgan fingerprint density at radius 2 is 1.86 bits per heavy atom. The van der Waals surface area contributed by atoms with Gasteiger partial charge in [0.1, 0.15) is 11.4 Å². The molecule has 1 aromatic heterocycles. The van der Waals surface area contributed by atoms with Gasteiger partial charge in [0, 0.05) is 13.1 Å². The molecule has 9 heteroatoms. The van der Waals surface area contributed by atoms with E-state index in [1.807, 2.05) is 0 Å². The Morgan fingerprint density at radius 1 is 1.19 bits per heavy atom. The van der Waals surface area contributed by atoms with Crippen LogP contribution in [0, 0.1) is 0 Å². The van der Waals surface area contributed by atoms with Crippen LogP contribution in [0.4, 0.5) is 17.6 Å². The summed E-state index contributed by atoms with van der Waals surface area (Å²) in [4.78, 5) is 13.6. The van der Waals surface area contributed by atoms with Gasteiger partial charge in [-0.2, -0.15) is 5.10 Å². The molecular weight excluding hydrogens is 310 g/mol. The highest BCUT2D eigenvalue weighted by molar-refractivity contribution is 7.98. The number of carbonyl (C=O) groups is 1. The number of aromatic nitrogens is 2. The zero-order chi connectivity index (χ0) is 15.4. The third-order valence-corrected chi connectivity index (χ3v) is 4.10. The Balaban J connectivity index is 1.99. The van der Waals surface area contributed by atoms with E-state index >= 15 is 0 Å². The van der Waals surface area contributed by atoms with Crippen molar-refractivity contribution in [3.8, 4) is 0 Å². The molecule has 0 spiro atoms. The molecule has 0 unspecified atom stereocenters. The lowest BCUT2D eigenvalue weighted by molar-refractivity contribution is -0.129. The zero-order valence-electron chi connectivity index (χ0n) is 11.1. The van der Waals surface area contributed by atoms with Crippen molar-refractivity contribution in [1.29, 1.82) is 0 Å². The standard InChI is InChI=1S/C12H15F4N3OS/c13-11(14)8-6-9(12(15)16)19(17-8)21-7-10(20)18-4-2-1-3-5-18/h6,11-12H,1-5,7H2. The average molecular weight is 325 g/mol. The SMILES string of the molecule is O=C(CSn1nc(C(F)F)cc1C(F)F)N1CCCCC1. The molecule has 0 aromatic carbocycles. The maximum atomic E-state index is 12.8. The molecule has 1 amide bonds. The number of amides is 1. The van der Waals surface area contributed by atoms with Crippen molar-refractivity contribution in [2.45, 2.75) is 32.1 Å². The second kappa shape index (κ2) is 7.15. The molecule has 1 aromatic rings. The lowest BCUT2D eigenvalue weighted by Gasteiger charge is -2.26. The second-order valence-electron chi connectivity index (χ2n) is 4.68. The molecule has 1 aliphatic rings. The minimum Gasteiger partial charge on any atom is -0.342 e. The van der Waals surface area contributed by atoms with E-state index in [1.165, 1.54) is 0 Å². The van der Waals surface area contributed by atoms with Crippen molar-refractivity contribution in [1.82, 2.24) is 14.1 Å². The number of likely N-dealkylation sites (tertiary alicyclic amines) is 1. The second-order valence-corrected chi connectivity index (χ2v) is 5.58. The fraction of sp³-hybridized carbons (Fsp3) is 0.667. The third-order valence-electron chi connectivity index (χ3n) is 3.19. The molecule has 0 N–H and O–H groups in total. The smallest absolute Gasteiger partial charge is 0.282 e. The van der Waals surface area contributed by atoms with Crippen molar-refractivity contribution >= 4 is 17.9 Å². The number of alkyl halides is 4. The summed E-state index contributed by atoms with van der Waals surface area (Å²) in [5, 5.41) is 3.43. The van der Waals surface area contributed by atoms with E-state index < -0.39 is 24.2 Å². The fourth-order valence-corrected chi connectivity index (χ4v) is 2.95. The summed E-state index contributed by atoms with van der Waals surface area (Å²) in [6.45, 7) is 1.31. The van der Waals surface area contributed by atoms with Gasteiger partial charge in [0.05, 0.1) is 5.75 Å². The third kappa shape index (κ3) is 4.12. The predicted molar refractivity (Wildman–Crippen MR) is 70.4 cm³/mol. The van der Waals surface area contributed by atoms with Gasteiger partial charge in [0.25, 0.3) is 12.9 Å². The van der Waals surface area contributed by atoms with Crippen LogP contribution in [0.5, 0.6) is 0 Å². The molecule has 118 valence electrons. The molecule has 1 fully saturated rings. The molecule has 0 atom stereocenters. The summed E-state index contributed by atoms with van der Waals surface area (Å²) in [6.07, 6.45) is -2.90. The molecule has 0 radical (unpaired) electrons. The molecule has 1 saturated heterocycles. The van der Waals surface area contributed by atoms with Crippen LogP contribution < -0.4 is 0 Å². The van der Waals surface area contributed by atoms with Gasteiger partial charge in [0.15, 0.2) is 0 Å². The lowest BCUT2D eigenvalue weighted by Crippen LogP contribution is -2.37. The quantitative estimate of drug-likeness (QED) is 0.780. The summed E-state index contributed by atoms with van der Waals surface area (Å²) in [5.74, 6) is -0.279. The highest BCUT2D eigenvalue weighted by Crippen LogP contribution is 2.27. The van der Waals surface area contributed by atoms with E-state index in [0.29, 0.717) is 31.1 Å². The van der Waals surface area contributed by atoms with Gasteiger partial charge in [0.2, 0.25) is 5.91 Å². The summed E-state index contributed by atoms with van der Waals surface area (Å²) < 4.78 is 51.3. The van der Waals surface area contributed by atoms with Gasteiger partial charge < -0.3 is 4.90 Å². The van der Waals surface area contributed by atoms with Crippen LogP contribution in [0.15, 0.2) is 6.07 Å². The monoisotopic (exact) mass is 325 g/mol. The van der Waals surface area contributed by atoms with E-state index in [2.05, 4.69) is 5.10 Å². The first-order valence-corrected chi connectivity index (χ1v) is 7.50. The highest BCUT2D eigenvalue weighted by Gasteiger charge is 2.23. The number of nitrogens with zero attached hydrogens (tertiary/aromatic N) is 3. The van der Waals surface area contributed by atoms with Gasteiger partial charge in [-0.1, -0.05) is 0 Å². The van der Waals surface area contributed by atoms with Crippen LogP contribution in [0.1, 0.15) is 43.5 Å². The molecule has 4 nitrogen and oxygen atoms in total. The number of hydrogen-bond acceptors (Lipinski definition) is 3. The lowest BCUT2D eigenvalue weighted by atomic mass is 10.1. The Hall–Kier alpha value is -1.25. The molecule has 2 heterocycles. The minimum atomic E-state index is -2.91. The molecule has 0 aliphatic carbocycles. The van der Waals surface area contributed by atoms with Crippen LogP contribution in [0.25, 0.3) is 0 Å². The number of rotatable bonds is 5.